The average Bonchev–Trinajstić information content (AvgIpc) is 3.07. The number of benzene rings is 2. The molecule has 2 aromatic carbocycles. The highest BCUT2D eigenvalue weighted by Crippen LogP contribution is 2.24. The molecule has 1 heterocycles. The van der Waals surface area contributed by atoms with Gasteiger partial charge in [-0.25, -0.2) is 0 Å². The summed E-state index contributed by atoms with van der Waals surface area (Å²) in [5.41, 5.74) is 8.58. The molecular weight excluding hydrogens is 360 g/mol. The van der Waals surface area contributed by atoms with Crippen LogP contribution in [0.5, 0.6) is 0 Å². The van der Waals surface area contributed by atoms with E-state index < -0.39 is 0 Å². The molecule has 144 valence electrons. The number of hydrogen-bond acceptors (Lipinski definition) is 3. The number of likely N-dealkylation sites (tertiary alicyclic amines) is 1. The zero-order chi connectivity index (χ0) is 18.5. The molecule has 0 bridgehead atoms. The summed E-state index contributed by atoms with van der Waals surface area (Å²) in [5, 5.41) is 0. The fourth-order valence-corrected chi connectivity index (χ4v) is 3.65. The van der Waals surface area contributed by atoms with Gasteiger partial charge in [-0.1, -0.05) is 54.6 Å². The zero-order valence-corrected chi connectivity index (χ0v) is 16.5. The van der Waals surface area contributed by atoms with E-state index in [1.165, 1.54) is 0 Å². The first-order valence-electron chi connectivity index (χ1n) is 9.26. The summed E-state index contributed by atoms with van der Waals surface area (Å²) in [5.74, 6) is 0.457. The van der Waals surface area contributed by atoms with Gasteiger partial charge in [0.25, 0.3) is 0 Å². The number of carbonyl (C=O) groups excluding carboxylic acids is 2. The Morgan fingerprint density at radius 1 is 1.00 bits per heavy atom. The van der Waals surface area contributed by atoms with Crippen LogP contribution in [0.25, 0.3) is 11.1 Å². The van der Waals surface area contributed by atoms with Crippen LogP contribution in [0.3, 0.4) is 0 Å². The zero-order valence-electron chi connectivity index (χ0n) is 15.6. The molecule has 2 unspecified atom stereocenters. The van der Waals surface area contributed by atoms with E-state index in [9.17, 15) is 9.59 Å². The summed E-state index contributed by atoms with van der Waals surface area (Å²) in [6, 6.07) is 17.9. The third-order valence-corrected chi connectivity index (χ3v) is 5.20. The minimum absolute atomic E-state index is 0. The highest BCUT2D eigenvalue weighted by atomic mass is 35.5. The Bertz CT molecular complexity index is 762. The van der Waals surface area contributed by atoms with Crippen LogP contribution < -0.4 is 5.73 Å². The lowest BCUT2D eigenvalue weighted by Crippen LogP contribution is -2.34. The van der Waals surface area contributed by atoms with E-state index in [1.807, 2.05) is 59.5 Å². The summed E-state index contributed by atoms with van der Waals surface area (Å²) < 4.78 is 0. The molecule has 27 heavy (non-hydrogen) atoms. The van der Waals surface area contributed by atoms with E-state index >= 15 is 0 Å². The Kier molecular flexibility index (Phi) is 7.57. The molecule has 1 amide bonds. The van der Waals surface area contributed by atoms with Gasteiger partial charge in [0.2, 0.25) is 5.91 Å². The van der Waals surface area contributed by atoms with Crippen LogP contribution in [0.15, 0.2) is 54.6 Å². The monoisotopic (exact) mass is 386 g/mol. The van der Waals surface area contributed by atoms with Crippen LogP contribution in [-0.2, 0) is 4.79 Å². The summed E-state index contributed by atoms with van der Waals surface area (Å²) in [6.07, 6.45) is 1.47. The maximum absolute atomic E-state index is 12.4. The number of hydrogen-bond donors (Lipinski definition) is 1. The molecule has 1 aliphatic rings. The summed E-state index contributed by atoms with van der Waals surface area (Å²) >= 11 is 0. The molecule has 5 heteroatoms. The van der Waals surface area contributed by atoms with Crippen LogP contribution in [0.2, 0.25) is 0 Å². The van der Waals surface area contributed by atoms with Crippen LogP contribution in [0.1, 0.15) is 36.5 Å². The Labute approximate surface area is 167 Å². The first kappa shape index (κ1) is 21.1. The molecule has 2 aromatic rings. The summed E-state index contributed by atoms with van der Waals surface area (Å²) in [7, 11) is 0. The van der Waals surface area contributed by atoms with Gasteiger partial charge in [-0.05, 0) is 36.9 Å². The maximum atomic E-state index is 12.4. The first-order chi connectivity index (χ1) is 12.6. The lowest BCUT2D eigenvalue weighted by atomic mass is 10.0. The van der Waals surface area contributed by atoms with Crippen molar-refractivity contribution in [1.29, 1.82) is 0 Å². The van der Waals surface area contributed by atoms with Gasteiger partial charge in [-0.15, -0.1) is 12.4 Å². The standard InChI is InChI=1S/C22H26N2O2.ClH/c1-16-13-17(14-23)15-24(16)22(26)12-11-21(25)20-9-7-19(8-10-20)18-5-3-2-4-6-18;/h2-10,16-17H,11-15,23H2,1H3;1H. The van der Waals surface area contributed by atoms with E-state index in [1.54, 1.807) is 0 Å². The van der Waals surface area contributed by atoms with Crippen molar-refractivity contribution in [1.82, 2.24) is 4.90 Å². The lowest BCUT2D eigenvalue weighted by molar-refractivity contribution is -0.131. The molecule has 0 saturated carbocycles. The second kappa shape index (κ2) is 9.67. The molecule has 4 nitrogen and oxygen atoms in total. The van der Waals surface area contributed by atoms with Crippen molar-refractivity contribution in [3.63, 3.8) is 0 Å². The molecule has 2 atom stereocenters. The van der Waals surface area contributed by atoms with Crippen LogP contribution in [0, 0.1) is 5.92 Å². The maximum Gasteiger partial charge on any atom is 0.223 e. The number of halogens is 1. The van der Waals surface area contributed by atoms with Gasteiger partial charge in [0, 0.05) is 31.0 Å². The van der Waals surface area contributed by atoms with Crippen molar-refractivity contribution in [3.05, 3.63) is 60.2 Å². The Morgan fingerprint density at radius 3 is 2.22 bits per heavy atom. The van der Waals surface area contributed by atoms with Gasteiger partial charge in [0.05, 0.1) is 0 Å². The van der Waals surface area contributed by atoms with Gasteiger partial charge in [-0.3, -0.25) is 9.59 Å². The molecule has 3 rings (SSSR count). The van der Waals surface area contributed by atoms with E-state index in [0.717, 1.165) is 24.1 Å². The normalized spacial score (nSPS) is 18.8. The number of nitrogens with two attached hydrogens (primary N) is 1. The van der Waals surface area contributed by atoms with E-state index in [-0.39, 0.29) is 43.0 Å². The molecule has 1 aliphatic heterocycles. The summed E-state index contributed by atoms with van der Waals surface area (Å²) in [6.45, 7) is 3.38. The van der Waals surface area contributed by atoms with Gasteiger partial charge in [-0.2, -0.15) is 0 Å². The largest absolute Gasteiger partial charge is 0.340 e. The van der Waals surface area contributed by atoms with Gasteiger partial charge < -0.3 is 10.6 Å². The fourth-order valence-electron chi connectivity index (χ4n) is 3.65. The topological polar surface area (TPSA) is 63.4 Å². The van der Waals surface area contributed by atoms with E-state index in [2.05, 4.69) is 6.92 Å². The second-order valence-electron chi connectivity index (χ2n) is 7.10. The molecule has 0 spiro atoms. The second-order valence-corrected chi connectivity index (χ2v) is 7.10. The Morgan fingerprint density at radius 2 is 1.63 bits per heavy atom. The molecule has 0 aromatic heterocycles. The summed E-state index contributed by atoms with van der Waals surface area (Å²) in [4.78, 5) is 26.7. The number of rotatable bonds is 6. The van der Waals surface area contributed by atoms with Gasteiger partial charge >= 0.3 is 0 Å². The highest BCUT2D eigenvalue weighted by molar-refractivity contribution is 5.98. The number of Topliss-reactive ketones (excluding diaryl/α,β-unsaturated/α-hetero) is 1. The number of amides is 1. The molecule has 2 N–H and O–H groups in total. The molecule has 0 radical (unpaired) electrons. The van der Waals surface area contributed by atoms with Crippen molar-refractivity contribution in [2.24, 2.45) is 11.7 Å². The van der Waals surface area contributed by atoms with E-state index in [0.29, 0.717) is 18.0 Å². The predicted octanol–water partition coefficient (Wildman–Crippen LogP) is 3.93. The molecule has 0 aliphatic carbocycles. The van der Waals surface area contributed by atoms with Crippen molar-refractivity contribution < 1.29 is 9.59 Å². The molecular formula is C22H27ClN2O2. The molecule has 1 saturated heterocycles. The number of carbonyl (C=O) groups is 2. The smallest absolute Gasteiger partial charge is 0.223 e. The van der Waals surface area contributed by atoms with Crippen molar-refractivity contribution in [2.75, 3.05) is 13.1 Å². The SMILES string of the molecule is CC1CC(CN)CN1C(=O)CCC(=O)c1ccc(-c2ccccc2)cc1.Cl. The highest BCUT2D eigenvalue weighted by Gasteiger charge is 2.31. The van der Waals surface area contributed by atoms with Crippen LogP contribution in [0.4, 0.5) is 0 Å². The number of ketones is 1. The number of nitrogens with zero attached hydrogens (tertiary/aromatic N) is 1. The first-order valence-corrected chi connectivity index (χ1v) is 9.26. The van der Waals surface area contributed by atoms with Crippen molar-refractivity contribution >= 4 is 24.1 Å². The Hall–Kier alpha value is -2.17. The van der Waals surface area contributed by atoms with Crippen LogP contribution in [-0.4, -0.2) is 35.7 Å². The minimum Gasteiger partial charge on any atom is -0.340 e. The van der Waals surface area contributed by atoms with Crippen LogP contribution >= 0.6 is 12.4 Å². The molecule has 1 fully saturated rings. The predicted molar refractivity (Wildman–Crippen MR) is 111 cm³/mol. The van der Waals surface area contributed by atoms with Gasteiger partial charge in [0.15, 0.2) is 5.78 Å². The third kappa shape index (κ3) is 5.18. The minimum atomic E-state index is 0. The Balaban J connectivity index is 0.00000261. The van der Waals surface area contributed by atoms with Crippen molar-refractivity contribution in [3.8, 4) is 11.1 Å². The third-order valence-electron chi connectivity index (χ3n) is 5.20. The van der Waals surface area contributed by atoms with Crippen molar-refractivity contribution in [2.45, 2.75) is 32.2 Å². The van der Waals surface area contributed by atoms with Gasteiger partial charge in [0.1, 0.15) is 0 Å². The lowest BCUT2D eigenvalue weighted by Gasteiger charge is -2.21. The average molecular weight is 387 g/mol. The van der Waals surface area contributed by atoms with E-state index in [4.69, 9.17) is 5.73 Å². The quantitative estimate of drug-likeness (QED) is 0.765. The fraction of sp³-hybridized carbons (Fsp3) is 0.364.